The topological polar surface area (TPSA) is 104 Å². The molecule has 0 atom stereocenters. The highest BCUT2D eigenvalue weighted by Gasteiger charge is 2.12. The van der Waals surface area contributed by atoms with E-state index in [0.717, 1.165) is 5.56 Å². The number of carbonyl (C=O) groups is 2. The molecule has 1 aromatic carbocycles. The predicted molar refractivity (Wildman–Crippen MR) is 67.9 cm³/mol. The van der Waals surface area contributed by atoms with Crippen LogP contribution in [0.5, 0.6) is 0 Å². The zero-order chi connectivity index (χ0) is 13.4. The average Bonchev–Trinajstić information content (AvgIpc) is 2.38. The molecular formula is C12H17N3O3. The van der Waals surface area contributed by atoms with Crippen molar-refractivity contribution in [3.63, 3.8) is 0 Å². The van der Waals surface area contributed by atoms with E-state index in [2.05, 4.69) is 10.6 Å². The molecule has 0 saturated heterocycles. The Labute approximate surface area is 105 Å². The van der Waals surface area contributed by atoms with Crippen LogP contribution in [0.3, 0.4) is 0 Å². The predicted octanol–water partition coefficient (Wildman–Crippen LogP) is -0.765. The summed E-state index contributed by atoms with van der Waals surface area (Å²) in [7, 11) is 0. The van der Waals surface area contributed by atoms with Crippen LogP contribution in [-0.2, 0) is 16.0 Å². The Balaban J connectivity index is 2.51. The average molecular weight is 251 g/mol. The van der Waals surface area contributed by atoms with Crippen molar-refractivity contribution in [3.8, 4) is 0 Å². The Bertz CT molecular complexity index is 404. The maximum absolute atomic E-state index is 11.4. The van der Waals surface area contributed by atoms with Crippen molar-refractivity contribution in [3.05, 3.63) is 29.8 Å². The van der Waals surface area contributed by atoms with Crippen molar-refractivity contribution in [1.82, 2.24) is 5.32 Å². The second-order valence-corrected chi connectivity index (χ2v) is 3.67. The number of nitrogens with one attached hydrogen (secondary N) is 2. The van der Waals surface area contributed by atoms with Gasteiger partial charge in [-0.2, -0.15) is 0 Å². The minimum Gasteiger partial charge on any atom is -0.396 e. The van der Waals surface area contributed by atoms with Gasteiger partial charge in [-0.1, -0.05) is 12.1 Å². The fraction of sp³-hybridized carbons (Fsp3) is 0.333. The summed E-state index contributed by atoms with van der Waals surface area (Å²) in [6.07, 6.45) is 0.561. The second kappa shape index (κ2) is 7.41. The van der Waals surface area contributed by atoms with Crippen molar-refractivity contribution in [2.75, 3.05) is 25.0 Å². The summed E-state index contributed by atoms with van der Waals surface area (Å²) in [6, 6.07) is 6.92. The molecular weight excluding hydrogens is 234 g/mol. The molecule has 5 N–H and O–H groups in total. The standard InChI is InChI=1S/C12H17N3O3/c13-6-7-14-11(17)12(18)15-10-3-1-9(2-4-10)5-8-16/h1-4,16H,5-8,13H2,(H,14,17)(H,15,18). The summed E-state index contributed by atoms with van der Waals surface area (Å²) in [4.78, 5) is 22.7. The number of hydrogen-bond donors (Lipinski definition) is 4. The molecule has 1 rings (SSSR count). The normalized spacial score (nSPS) is 9.89. The molecule has 0 spiro atoms. The molecule has 6 heteroatoms. The quantitative estimate of drug-likeness (QED) is 0.516. The molecule has 0 aliphatic heterocycles. The Kier molecular flexibility index (Phi) is 5.83. The Morgan fingerprint density at radius 3 is 2.39 bits per heavy atom. The lowest BCUT2D eigenvalue weighted by atomic mass is 10.1. The number of rotatable bonds is 5. The van der Waals surface area contributed by atoms with E-state index in [9.17, 15) is 9.59 Å². The van der Waals surface area contributed by atoms with Crippen molar-refractivity contribution in [2.45, 2.75) is 6.42 Å². The summed E-state index contributed by atoms with van der Waals surface area (Å²) in [6.45, 7) is 0.629. The molecule has 6 nitrogen and oxygen atoms in total. The summed E-state index contributed by atoms with van der Waals surface area (Å²) >= 11 is 0. The van der Waals surface area contributed by atoms with Gasteiger partial charge in [-0.05, 0) is 24.1 Å². The lowest BCUT2D eigenvalue weighted by Gasteiger charge is -2.06. The van der Waals surface area contributed by atoms with Crippen LogP contribution in [-0.4, -0.2) is 36.6 Å². The Morgan fingerprint density at radius 1 is 1.17 bits per heavy atom. The molecule has 0 fully saturated rings. The van der Waals surface area contributed by atoms with E-state index in [1.807, 2.05) is 0 Å². The molecule has 1 aromatic rings. The Hall–Kier alpha value is -1.92. The largest absolute Gasteiger partial charge is 0.396 e. The van der Waals surface area contributed by atoms with Gasteiger partial charge in [0, 0.05) is 25.4 Å². The zero-order valence-electron chi connectivity index (χ0n) is 9.98. The third-order valence-electron chi connectivity index (χ3n) is 2.25. The van der Waals surface area contributed by atoms with Crippen molar-refractivity contribution >= 4 is 17.5 Å². The van der Waals surface area contributed by atoms with Crippen LogP contribution in [0.25, 0.3) is 0 Å². The molecule has 0 heterocycles. The molecule has 18 heavy (non-hydrogen) atoms. The van der Waals surface area contributed by atoms with Crippen LogP contribution in [0.2, 0.25) is 0 Å². The molecule has 2 amide bonds. The third kappa shape index (κ3) is 4.52. The number of carbonyl (C=O) groups excluding carboxylic acids is 2. The number of nitrogens with two attached hydrogens (primary N) is 1. The van der Waals surface area contributed by atoms with Gasteiger partial charge in [-0.15, -0.1) is 0 Å². The lowest BCUT2D eigenvalue weighted by molar-refractivity contribution is -0.136. The first-order chi connectivity index (χ1) is 8.67. The van der Waals surface area contributed by atoms with E-state index < -0.39 is 11.8 Å². The monoisotopic (exact) mass is 251 g/mol. The van der Waals surface area contributed by atoms with Crippen LogP contribution < -0.4 is 16.4 Å². The maximum Gasteiger partial charge on any atom is 0.313 e. The molecule has 0 aliphatic carbocycles. The fourth-order valence-corrected chi connectivity index (χ4v) is 1.34. The summed E-state index contributed by atoms with van der Waals surface area (Å²) < 4.78 is 0. The van der Waals surface area contributed by atoms with Crippen LogP contribution in [0, 0.1) is 0 Å². The smallest absolute Gasteiger partial charge is 0.313 e. The highest BCUT2D eigenvalue weighted by molar-refractivity contribution is 6.39. The molecule has 0 aliphatic rings. The van der Waals surface area contributed by atoms with Crippen LogP contribution >= 0.6 is 0 Å². The number of aliphatic hydroxyl groups excluding tert-OH is 1. The van der Waals surface area contributed by atoms with Gasteiger partial charge in [0.1, 0.15) is 0 Å². The van der Waals surface area contributed by atoms with Crippen LogP contribution in [0.4, 0.5) is 5.69 Å². The molecule has 98 valence electrons. The molecule has 0 radical (unpaired) electrons. The van der Waals surface area contributed by atoms with Crippen molar-refractivity contribution in [2.24, 2.45) is 5.73 Å². The van der Waals surface area contributed by atoms with E-state index in [1.54, 1.807) is 24.3 Å². The van der Waals surface area contributed by atoms with Crippen LogP contribution in [0.1, 0.15) is 5.56 Å². The SMILES string of the molecule is NCCNC(=O)C(=O)Nc1ccc(CCO)cc1. The third-order valence-corrected chi connectivity index (χ3v) is 2.25. The summed E-state index contributed by atoms with van der Waals surface area (Å²) in [5, 5.41) is 13.6. The summed E-state index contributed by atoms with van der Waals surface area (Å²) in [5.74, 6) is -1.43. The van der Waals surface area contributed by atoms with Gasteiger partial charge < -0.3 is 21.5 Å². The minimum absolute atomic E-state index is 0.0766. The number of amides is 2. The van der Waals surface area contributed by atoms with Gasteiger partial charge in [-0.3, -0.25) is 9.59 Å². The van der Waals surface area contributed by atoms with Crippen molar-refractivity contribution < 1.29 is 14.7 Å². The van der Waals surface area contributed by atoms with E-state index in [-0.39, 0.29) is 19.7 Å². The molecule has 0 unspecified atom stereocenters. The van der Waals surface area contributed by atoms with E-state index in [1.165, 1.54) is 0 Å². The highest BCUT2D eigenvalue weighted by Crippen LogP contribution is 2.09. The van der Waals surface area contributed by atoms with Gasteiger partial charge in [0.05, 0.1) is 0 Å². The lowest BCUT2D eigenvalue weighted by Crippen LogP contribution is -2.37. The zero-order valence-corrected chi connectivity index (χ0v) is 9.98. The first kappa shape index (κ1) is 14.1. The molecule has 0 saturated carbocycles. The highest BCUT2D eigenvalue weighted by atomic mass is 16.3. The van der Waals surface area contributed by atoms with Gasteiger partial charge in [-0.25, -0.2) is 0 Å². The summed E-state index contributed by atoms with van der Waals surface area (Å²) in [5.41, 5.74) is 6.70. The fourth-order valence-electron chi connectivity index (χ4n) is 1.34. The van der Waals surface area contributed by atoms with Gasteiger partial charge >= 0.3 is 11.8 Å². The van der Waals surface area contributed by atoms with Gasteiger partial charge in [0.25, 0.3) is 0 Å². The second-order valence-electron chi connectivity index (χ2n) is 3.67. The number of benzene rings is 1. The first-order valence-electron chi connectivity index (χ1n) is 5.66. The number of aliphatic hydroxyl groups is 1. The van der Waals surface area contributed by atoms with E-state index >= 15 is 0 Å². The van der Waals surface area contributed by atoms with Crippen molar-refractivity contribution in [1.29, 1.82) is 0 Å². The van der Waals surface area contributed by atoms with E-state index in [0.29, 0.717) is 12.1 Å². The minimum atomic E-state index is -0.724. The van der Waals surface area contributed by atoms with Gasteiger partial charge in [0.2, 0.25) is 0 Å². The Morgan fingerprint density at radius 2 is 1.83 bits per heavy atom. The first-order valence-corrected chi connectivity index (χ1v) is 5.66. The number of anilines is 1. The van der Waals surface area contributed by atoms with E-state index in [4.69, 9.17) is 10.8 Å². The molecule has 0 aromatic heterocycles. The maximum atomic E-state index is 11.4. The van der Waals surface area contributed by atoms with Crippen LogP contribution in [0.15, 0.2) is 24.3 Å². The van der Waals surface area contributed by atoms with Gasteiger partial charge in [0.15, 0.2) is 0 Å². The molecule has 0 bridgehead atoms. The number of hydrogen-bond acceptors (Lipinski definition) is 4.